The van der Waals surface area contributed by atoms with Crippen LogP contribution >= 0.6 is 0 Å². The minimum atomic E-state index is -0.361. The summed E-state index contributed by atoms with van der Waals surface area (Å²) >= 11 is 0. The van der Waals surface area contributed by atoms with Crippen LogP contribution in [0.25, 0.3) is 0 Å². The van der Waals surface area contributed by atoms with Gasteiger partial charge in [-0.15, -0.1) is 0 Å². The number of carbonyl (C=O) groups is 2. The molecular formula is C14H13N5O2. The Morgan fingerprint density at radius 3 is 2.71 bits per heavy atom. The van der Waals surface area contributed by atoms with Crippen molar-refractivity contribution in [2.45, 2.75) is 6.54 Å². The number of amides is 3. The second kappa shape index (κ2) is 5.58. The Labute approximate surface area is 121 Å². The minimum absolute atomic E-state index is 0.0915. The van der Waals surface area contributed by atoms with Gasteiger partial charge < -0.3 is 10.2 Å². The number of pyridine rings is 2. The van der Waals surface area contributed by atoms with E-state index < -0.39 is 0 Å². The van der Waals surface area contributed by atoms with Crippen LogP contribution in [0.4, 0.5) is 16.3 Å². The van der Waals surface area contributed by atoms with Crippen molar-refractivity contribution in [3.05, 3.63) is 48.4 Å². The molecule has 3 heterocycles. The normalized spacial score (nSPS) is 14.2. The monoisotopic (exact) mass is 283 g/mol. The molecule has 0 aromatic carbocycles. The van der Waals surface area contributed by atoms with Crippen molar-refractivity contribution >= 4 is 23.4 Å². The number of nitrogens with zero attached hydrogens (tertiary/aromatic N) is 3. The van der Waals surface area contributed by atoms with Gasteiger partial charge in [0.05, 0.1) is 0 Å². The Bertz CT molecular complexity index is 674. The molecule has 21 heavy (non-hydrogen) atoms. The molecule has 0 unspecified atom stereocenters. The summed E-state index contributed by atoms with van der Waals surface area (Å²) in [5, 5.41) is 5.40. The first-order valence-electron chi connectivity index (χ1n) is 6.41. The third kappa shape index (κ3) is 3.14. The van der Waals surface area contributed by atoms with Crippen LogP contribution < -0.4 is 10.6 Å². The molecule has 2 aromatic heterocycles. The molecule has 3 rings (SSSR count). The molecule has 7 nitrogen and oxygen atoms in total. The third-order valence-corrected chi connectivity index (χ3v) is 3.02. The summed E-state index contributed by atoms with van der Waals surface area (Å²) in [7, 11) is 0. The van der Waals surface area contributed by atoms with Crippen molar-refractivity contribution < 1.29 is 9.59 Å². The fourth-order valence-corrected chi connectivity index (χ4v) is 2.06. The predicted octanol–water partition coefficient (Wildman–Crippen LogP) is 1.27. The third-order valence-electron chi connectivity index (χ3n) is 3.02. The van der Waals surface area contributed by atoms with Crippen LogP contribution in [0.15, 0.2) is 42.9 Å². The number of aromatic nitrogens is 2. The van der Waals surface area contributed by atoms with Crippen molar-refractivity contribution in [1.82, 2.24) is 20.2 Å². The molecule has 1 aliphatic rings. The van der Waals surface area contributed by atoms with Gasteiger partial charge in [-0.05, 0) is 29.8 Å². The summed E-state index contributed by atoms with van der Waals surface area (Å²) in [6, 6.07) is 6.96. The number of nitrogens with one attached hydrogen (secondary N) is 2. The van der Waals surface area contributed by atoms with E-state index in [2.05, 4.69) is 20.6 Å². The van der Waals surface area contributed by atoms with Gasteiger partial charge >= 0.3 is 6.03 Å². The van der Waals surface area contributed by atoms with Crippen molar-refractivity contribution in [1.29, 1.82) is 0 Å². The molecular weight excluding hydrogens is 270 g/mol. The predicted molar refractivity (Wildman–Crippen MR) is 75.7 cm³/mol. The number of carbonyl (C=O) groups excluding carboxylic acids is 2. The van der Waals surface area contributed by atoms with Crippen molar-refractivity contribution in [3.63, 3.8) is 0 Å². The fourth-order valence-electron chi connectivity index (χ4n) is 2.06. The van der Waals surface area contributed by atoms with E-state index in [0.29, 0.717) is 12.4 Å². The lowest BCUT2D eigenvalue weighted by atomic mass is 10.2. The van der Waals surface area contributed by atoms with Gasteiger partial charge in [-0.25, -0.2) is 9.78 Å². The molecule has 1 saturated heterocycles. The van der Waals surface area contributed by atoms with Gasteiger partial charge in [0.2, 0.25) is 5.91 Å². The van der Waals surface area contributed by atoms with Gasteiger partial charge in [0, 0.05) is 30.8 Å². The van der Waals surface area contributed by atoms with E-state index in [1.54, 1.807) is 18.6 Å². The first-order valence-corrected chi connectivity index (χ1v) is 6.41. The lowest BCUT2D eigenvalue weighted by Crippen LogP contribution is -2.27. The zero-order valence-corrected chi connectivity index (χ0v) is 11.1. The number of hydrogen-bond donors (Lipinski definition) is 2. The summed E-state index contributed by atoms with van der Waals surface area (Å²) in [6.45, 7) is 0.458. The average molecular weight is 283 g/mol. The van der Waals surface area contributed by atoms with E-state index in [1.807, 2.05) is 24.3 Å². The quantitative estimate of drug-likeness (QED) is 0.825. The zero-order valence-electron chi connectivity index (χ0n) is 11.1. The molecule has 0 bridgehead atoms. The second-order valence-electron chi connectivity index (χ2n) is 4.62. The molecule has 7 heteroatoms. The second-order valence-corrected chi connectivity index (χ2v) is 4.62. The van der Waals surface area contributed by atoms with Gasteiger partial charge in [-0.3, -0.25) is 15.1 Å². The lowest BCUT2D eigenvalue weighted by Gasteiger charge is -2.13. The van der Waals surface area contributed by atoms with Gasteiger partial charge in [-0.1, -0.05) is 0 Å². The van der Waals surface area contributed by atoms with E-state index in [9.17, 15) is 9.59 Å². The van der Waals surface area contributed by atoms with Crippen LogP contribution in [-0.2, 0) is 11.3 Å². The Morgan fingerprint density at radius 1 is 1.19 bits per heavy atom. The van der Waals surface area contributed by atoms with Gasteiger partial charge in [-0.2, -0.15) is 0 Å². The fraction of sp³-hybridized carbons (Fsp3) is 0.143. The SMILES string of the molecule is O=C1CN(Cc2ccnc(Nc3ccncc3)c2)C(=O)N1. The Balaban J connectivity index is 1.71. The molecule has 0 spiro atoms. The maximum Gasteiger partial charge on any atom is 0.324 e. The lowest BCUT2D eigenvalue weighted by molar-refractivity contribution is -0.118. The molecule has 1 aliphatic heterocycles. The standard InChI is InChI=1S/C14H13N5O2/c20-13-9-19(14(21)18-13)8-10-1-6-16-12(7-10)17-11-2-4-15-5-3-11/h1-7H,8-9H2,(H,15,16,17)(H,18,20,21). The highest BCUT2D eigenvalue weighted by Crippen LogP contribution is 2.16. The largest absolute Gasteiger partial charge is 0.340 e. The maximum absolute atomic E-state index is 11.5. The summed E-state index contributed by atoms with van der Waals surface area (Å²) in [6.07, 6.45) is 5.04. The summed E-state index contributed by atoms with van der Waals surface area (Å²) in [5.74, 6) is 0.397. The topological polar surface area (TPSA) is 87.2 Å². The number of hydrogen-bond acceptors (Lipinski definition) is 5. The highest BCUT2D eigenvalue weighted by Gasteiger charge is 2.26. The molecule has 1 fully saturated rings. The average Bonchev–Trinajstić information content (AvgIpc) is 2.78. The maximum atomic E-state index is 11.5. The highest BCUT2D eigenvalue weighted by molar-refractivity contribution is 6.01. The summed E-state index contributed by atoms with van der Waals surface area (Å²) < 4.78 is 0. The first-order chi connectivity index (χ1) is 10.2. The van der Waals surface area contributed by atoms with Crippen molar-refractivity contribution in [2.75, 3.05) is 11.9 Å². The highest BCUT2D eigenvalue weighted by atomic mass is 16.2. The Kier molecular flexibility index (Phi) is 3.46. The smallest absolute Gasteiger partial charge is 0.324 e. The van der Waals surface area contributed by atoms with Crippen molar-refractivity contribution in [3.8, 4) is 0 Å². The van der Waals surface area contributed by atoms with E-state index >= 15 is 0 Å². The van der Waals surface area contributed by atoms with Gasteiger partial charge in [0.1, 0.15) is 12.4 Å². The molecule has 2 aromatic rings. The first kappa shape index (κ1) is 13.0. The molecule has 2 N–H and O–H groups in total. The number of rotatable bonds is 4. The van der Waals surface area contributed by atoms with Crippen LogP contribution in [-0.4, -0.2) is 33.4 Å². The molecule has 0 radical (unpaired) electrons. The number of urea groups is 1. The van der Waals surface area contributed by atoms with Gasteiger partial charge in [0.25, 0.3) is 0 Å². The van der Waals surface area contributed by atoms with E-state index in [4.69, 9.17) is 0 Å². The molecule has 0 saturated carbocycles. The molecule has 0 aliphatic carbocycles. The van der Waals surface area contributed by atoms with Crippen molar-refractivity contribution in [2.24, 2.45) is 0 Å². The van der Waals surface area contributed by atoms with Crippen LogP contribution in [0.1, 0.15) is 5.56 Å². The van der Waals surface area contributed by atoms with E-state index in [1.165, 1.54) is 4.90 Å². The molecule has 0 atom stereocenters. The van der Waals surface area contributed by atoms with Crippen LogP contribution in [0, 0.1) is 0 Å². The summed E-state index contributed by atoms with van der Waals surface area (Å²) in [5.41, 5.74) is 1.77. The Hall–Kier alpha value is -2.96. The Morgan fingerprint density at radius 2 is 2.00 bits per heavy atom. The minimum Gasteiger partial charge on any atom is -0.340 e. The van der Waals surface area contributed by atoms with Crippen LogP contribution in [0.3, 0.4) is 0 Å². The zero-order chi connectivity index (χ0) is 14.7. The van der Waals surface area contributed by atoms with E-state index in [0.717, 1.165) is 11.3 Å². The van der Waals surface area contributed by atoms with Crippen LogP contribution in [0.2, 0.25) is 0 Å². The van der Waals surface area contributed by atoms with Crippen LogP contribution in [0.5, 0.6) is 0 Å². The summed E-state index contributed by atoms with van der Waals surface area (Å²) in [4.78, 5) is 32.3. The molecule has 3 amide bonds. The number of imide groups is 1. The van der Waals surface area contributed by atoms with E-state index in [-0.39, 0.29) is 18.5 Å². The molecule has 106 valence electrons. The number of anilines is 2. The van der Waals surface area contributed by atoms with Gasteiger partial charge in [0.15, 0.2) is 0 Å².